The van der Waals surface area contributed by atoms with E-state index >= 15 is 0 Å². The molecule has 0 spiro atoms. The second kappa shape index (κ2) is 6.61. The molecule has 2 rings (SSSR count). The molecule has 1 amide bonds. The van der Waals surface area contributed by atoms with Crippen LogP contribution in [0.1, 0.15) is 32.4 Å². The lowest BCUT2D eigenvalue weighted by Gasteiger charge is -2.18. The molecule has 1 aromatic carbocycles. The summed E-state index contributed by atoms with van der Waals surface area (Å²) >= 11 is 0. The Labute approximate surface area is 119 Å². The first-order valence-electron chi connectivity index (χ1n) is 7.02. The van der Waals surface area contributed by atoms with Crippen LogP contribution in [0.3, 0.4) is 0 Å². The molecule has 0 saturated heterocycles. The summed E-state index contributed by atoms with van der Waals surface area (Å²) in [5, 5.41) is 6.20. The molecule has 0 saturated carbocycles. The third-order valence-corrected chi connectivity index (χ3v) is 3.40. The van der Waals surface area contributed by atoms with Crippen molar-refractivity contribution in [1.82, 2.24) is 10.6 Å². The van der Waals surface area contributed by atoms with Gasteiger partial charge >= 0.3 is 0 Å². The fourth-order valence-electron chi connectivity index (χ4n) is 2.07. The van der Waals surface area contributed by atoms with Crippen molar-refractivity contribution in [2.75, 3.05) is 19.9 Å². The third kappa shape index (κ3) is 3.42. The second-order valence-corrected chi connectivity index (χ2v) is 5.05. The summed E-state index contributed by atoms with van der Waals surface area (Å²) in [6.45, 7) is 7.74. The van der Waals surface area contributed by atoms with Crippen molar-refractivity contribution in [3.63, 3.8) is 0 Å². The van der Waals surface area contributed by atoms with E-state index in [1.807, 2.05) is 39.0 Å². The number of amides is 1. The topological polar surface area (TPSA) is 59.6 Å². The maximum absolute atomic E-state index is 12.1. The maximum Gasteiger partial charge on any atom is 0.231 e. The van der Waals surface area contributed by atoms with Crippen LogP contribution < -0.4 is 20.1 Å². The zero-order valence-corrected chi connectivity index (χ0v) is 12.2. The Kier molecular flexibility index (Phi) is 4.84. The van der Waals surface area contributed by atoms with E-state index in [0.717, 1.165) is 23.6 Å². The predicted octanol–water partition coefficient (Wildman–Crippen LogP) is 1.84. The van der Waals surface area contributed by atoms with Gasteiger partial charge in [0.05, 0.1) is 6.04 Å². The number of hydrogen-bond acceptors (Lipinski definition) is 4. The number of rotatable bonds is 6. The SMILES string of the molecule is CCNCC(C)C(=O)NC(C)c1ccc2c(c1)OCO2. The van der Waals surface area contributed by atoms with E-state index in [1.54, 1.807) is 0 Å². The fraction of sp³-hybridized carbons (Fsp3) is 0.533. The molecule has 2 N–H and O–H groups in total. The van der Waals surface area contributed by atoms with Crippen molar-refractivity contribution >= 4 is 5.91 Å². The highest BCUT2D eigenvalue weighted by Crippen LogP contribution is 2.34. The van der Waals surface area contributed by atoms with Gasteiger partial charge in [-0.1, -0.05) is 19.9 Å². The minimum Gasteiger partial charge on any atom is -0.454 e. The van der Waals surface area contributed by atoms with E-state index in [9.17, 15) is 4.79 Å². The normalized spacial score (nSPS) is 15.8. The number of nitrogens with one attached hydrogen (secondary N) is 2. The summed E-state index contributed by atoms with van der Waals surface area (Å²) in [4.78, 5) is 12.1. The van der Waals surface area contributed by atoms with Crippen molar-refractivity contribution in [1.29, 1.82) is 0 Å². The van der Waals surface area contributed by atoms with Crippen LogP contribution in [0.5, 0.6) is 11.5 Å². The van der Waals surface area contributed by atoms with Gasteiger partial charge in [0.1, 0.15) is 0 Å². The van der Waals surface area contributed by atoms with E-state index in [-0.39, 0.29) is 24.7 Å². The molecule has 1 aliphatic rings. The number of benzene rings is 1. The van der Waals surface area contributed by atoms with Crippen molar-refractivity contribution < 1.29 is 14.3 Å². The zero-order valence-electron chi connectivity index (χ0n) is 12.2. The number of carbonyl (C=O) groups is 1. The first-order chi connectivity index (χ1) is 9.61. The molecule has 110 valence electrons. The Morgan fingerprint density at radius 2 is 2.05 bits per heavy atom. The fourth-order valence-corrected chi connectivity index (χ4v) is 2.07. The summed E-state index contributed by atoms with van der Waals surface area (Å²) in [5.74, 6) is 1.50. The molecule has 5 nitrogen and oxygen atoms in total. The average molecular weight is 278 g/mol. The number of ether oxygens (including phenoxy) is 2. The minimum absolute atomic E-state index is 0.0496. The smallest absolute Gasteiger partial charge is 0.231 e. The molecule has 0 aromatic heterocycles. The van der Waals surface area contributed by atoms with Crippen LogP contribution in [-0.4, -0.2) is 25.8 Å². The molecule has 0 radical (unpaired) electrons. The van der Waals surface area contributed by atoms with Gasteiger partial charge in [0, 0.05) is 12.5 Å². The maximum atomic E-state index is 12.1. The van der Waals surface area contributed by atoms with Crippen molar-refractivity contribution in [3.8, 4) is 11.5 Å². The third-order valence-electron chi connectivity index (χ3n) is 3.40. The Hall–Kier alpha value is -1.75. The van der Waals surface area contributed by atoms with E-state index in [1.165, 1.54) is 0 Å². The molecule has 20 heavy (non-hydrogen) atoms. The molecule has 0 bridgehead atoms. The molecular formula is C15H22N2O3. The first kappa shape index (κ1) is 14.7. The van der Waals surface area contributed by atoms with Crippen molar-refractivity contribution in [2.24, 2.45) is 5.92 Å². The van der Waals surface area contributed by atoms with Gasteiger partial charge in [-0.15, -0.1) is 0 Å². The van der Waals surface area contributed by atoms with Gasteiger partial charge < -0.3 is 20.1 Å². The Morgan fingerprint density at radius 1 is 1.30 bits per heavy atom. The van der Waals surface area contributed by atoms with Gasteiger partial charge in [-0.05, 0) is 31.2 Å². The van der Waals surface area contributed by atoms with Gasteiger partial charge in [-0.25, -0.2) is 0 Å². The summed E-state index contributed by atoms with van der Waals surface area (Å²) in [5.41, 5.74) is 1.01. The monoisotopic (exact) mass is 278 g/mol. The lowest BCUT2D eigenvalue weighted by Crippen LogP contribution is -2.36. The van der Waals surface area contributed by atoms with Crippen LogP contribution in [0.25, 0.3) is 0 Å². The lowest BCUT2D eigenvalue weighted by molar-refractivity contribution is -0.125. The van der Waals surface area contributed by atoms with E-state index in [2.05, 4.69) is 10.6 Å². The van der Waals surface area contributed by atoms with E-state index in [0.29, 0.717) is 6.54 Å². The predicted molar refractivity (Wildman–Crippen MR) is 76.8 cm³/mol. The Morgan fingerprint density at radius 3 is 2.80 bits per heavy atom. The largest absolute Gasteiger partial charge is 0.454 e. The highest BCUT2D eigenvalue weighted by Gasteiger charge is 2.18. The summed E-state index contributed by atoms with van der Waals surface area (Å²) in [6.07, 6.45) is 0. The van der Waals surface area contributed by atoms with Crippen molar-refractivity contribution in [2.45, 2.75) is 26.8 Å². The lowest BCUT2D eigenvalue weighted by atomic mass is 10.1. The van der Waals surface area contributed by atoms with E-state index in [4.69, 9.17) is 9.47 Å². The van der Waals surface area contributed by atoms with Crippen LogP contribution >= 0.6 is 0 Å². The summed E-state index contributed by atoms with van der Waals surface area (Å²) < 4.78 is 10.6. The standard InChI is InChI=1S/C15H22N2O3/c1-4-16-8-10(2)15(18)17-11(3)12-5-6-13-14(7-12)20-9-19-13/h5-7,10-11,16H,4,8-9H2,1-3H3,(H,17,18). The van der Waals surface area contributed by atoms with Crippen LogP contribution in [0.15, 0.2) is 18.2 Å². The molecule has 0 aliphatic carbocycles. The average Bonchev–Trinajstić information content (AvgIpc) is 2.91. The summed E-state index contributed by atoms with van der Waals surface area (Å²) in [6, 6.07) is 5.69. The van der Waals surface area contributed by atoms with Gasteiger partial charge in [-0.3, -0.25) is 4.79 Å². The summed E-state index contributed by atoms with van der Waals surface area (Å²) in [7, 11) is 0. The Bertz CT molecular complexity index is 476. The quantitative estimate of drug-likeness (QED) is 0.833. The molecule has 2 atom stereocenters. The molecule has 5 heteroatoms. The van der Waals surface area contributed by atoms with E-state index < -0.39 is 0 Å². The molecule has 1 aromatic rings. The minimum atomic E-state index is -0.0546. The number of hydrogen-bond donors (Lipinski definition) is 2. The highest BCUT2D eigenvalue weighted by atomic mass is 16.7. The first-order valence-corrected chi connectivity index (χ1v) is 7.02. The molecule has 1 aliphatic heterocycles. The Balaban J connectivity index is 1.94. The van der Waals surface area contributed by atoms with Crippen LogP contribution in [0, 0.1) is 5.92 Å². The van der Waals surface area contributed by atoms with Crippen LogP contribution in [-0.2, 0) is 4.79 Å². The van der Waals surface area contributed by atoms with Crippen LogP contribution in [0.4, 0.5) is 0 Å². The van der Waals surface area contributed by atoms with Crippen molar-refractivity contribution in [3.05, 3.63) is 23.8 Å². The van der Waals surface area contributed by atoms with Gasteiger partial charge in [0.25, 0.3) is 0 Å². The van der Waals surface area contributed by atoms with Gasteiger partial charge in [0.15, 0.2) is 11.5 Å². The molecular weight excluding hydrogens is 256 g/mol. The van der Waals surface area contributed by atoms with Gasteiger partial charge in [-0.2, -0.15) is 0 Å². The zero-order chi connectivity index (χ0) is 14.5. The number of carbonyl (C=O) groups excluding carboxylic acids is 1. The molecule has 0 fully saturated rings. The molecule has 1 heterocycles. The van der Waals surface area contributed by atoms with Gasteiger partial charge in [0.2, 0.25) is 12.7 Å². The number of fused-ring (bicyclic) bond motifs is 1. The van der Waals surface area contributed by atoms with Crippen LogP contribution in [0.2, 0.25) is 0 Å². The second-order valence-electron chi connectivity index (χ2n) is 5.05. The molecule has 2 unspecified atom stereocenters. The highest BCUT2D eigenvalue weighted by molar-refractivity contribution is 5.79.